The van der Waals surface area contributed by atoms with Crippen molar-refractivity contribution >= 4 is 6.03 Å². The van der Waals surface area contributed by atoms with Crippen LogP contribution in [-0.4, -0.2) is 41.8 Å². The molecule has 1 heterocycles. The maximum Gasteiger partial charge on any atom is 0.317 e. The summed E-state index contributed by atoms with van der Waals surface area (Å²) in [4.78, 5) is 13.7. The second-order valence-corrected chi connectivity index (χ2v) is 5.34. The van der Waals surface area contributed by atoms with E-state index >= 15 is 0 Å². The van der Waals surface area contributed by atoms with Crippen molar-refractivity contribution in [2.75, 3.05) is 13.1 Å². The van der Waals surface area contributed by atoms with Crippen molar-refractivity contribution in [3.8, 4) is 0 Å². The number of amides is 2. The first-order valence-electron chi connectivity index (χ1n) is 5.50. The Bertz CT molecular complexity index is 225. The Morgan fingerprint density at radius 1 is 1.27 bits per heavy atom. The van der Waals surface area contributed by atoms with E-state index in [4.69, 9.17) is 4.74 Å². The molecule has 0 aromatic carbocycles. The van der Waals surface area contributed by atoms with Gasteiger partial charge in [0, 0.05) is 18.6 Å². The summed E-state index contributed by atoms with van der Waals surface area (Å²) < 4.78 is 5.57. The van der Waals surface area contributed by atoms with E-state index in [-0.39, 0.29) is 23.8 Å². The molecule has 4 nitrogen and oxygen atoms in total. The minimum Gasteiger partial charge on any atom is -0.372 e. The highest BCUT2D eigenvalue weighted by molar-refractivity contribution is 5.75. The zero-order valence-corrected chi connectivity index (χ0v) is 10.3. The topological polar surface area (TPSA) is 41.6 Å². The molecule has 1 rings (SSSR count). The van der Waals surface area contributed by atoms with Gasteiger partial charge in [-0.15, -0.1) is 0 Å². The van der Waals surface area contributed by atoms with Gasteiger partial charge in [0.1, 0.15) is 0 Å². The summed E-state index contributed by atoms with van der Waals surface area (Å²) in [6.45, 7) is 11.3. The van der Waals surface area contributed by atoms with Gasteiger partial charge in [-0.1, -0.05) is 0 Å². The van der Waals surface area contributed by atoms with E-state index in [1.807, 2.05) is 39.5 Å². The standard InChI is InChI=1S/C11H22N2O2/c1-8-6-13(7-9(2)15-8)10(14)12-11(3,4)5/h8-9H,6-7H2,1-5H3,(H,12,14)/t8-,9-/m0/s1. The van der Waals surface area contributed by atoms with Crippen LogP contribution in [0.2, 0.25) is 0 Å². The molecule has 0 aromatic heterocycles. The molecule has 1 fully saturated rings. The molecule has 1 aliphatic heterocycles. The minimum absolute atomic E-state index is 0.00417. The largest absolute Gasteiger partial charge is 0.372 e. The molecule has 1 N–H and O–H groups in total. The summed E-state index contributed by atoms with van der Waals surface area (Å²) in [5.41, 5.74) is -0.179. The molecule has 0 aliphatic carbocycles. The van der Waals surface area contributed by atoms with Crippen molar-refractivity contribution in [3.05, 3.63) is 0 Å². The normalized spacial score (nSPS) is 27.7. The van der Waals surface area contributed by atoms with E-state index in [2.05, 4.69) is 5.32 Å². The first-order chi connectivity index (χ1) is 6.78. The van der Waals surface area contributed by atoms with Crippen molar-refractivity contribution in [2.45, 2.75) is 52.4 Å². The summed E-state index contributed by atoms with van der Waals surface area (Å²) in [5, 5.41) is 2.96. The molecule has 0 unspecified atom stereocenters. The molecule has 4 heteroatoms. The molecule has 0 saturated carbocycles. The number of ether oxygens (including phenoxy) is 1. The SMILES string of the molecule is C[C@H]1CN(C(=O)NC(C)(C)C)C[C@H](C)O1. The Morgan fingerprint density at radius 3 is 2.13 bits per heavy atom. The van der Waals surface area contributed by atoms with Gasteiger partial charge in [0.2, 0.25) is 0 Å². The zero-order chi connectivity index (χ0) is 11.6. The highest BCUT2D eigenvalue weighted by Gasteiger charge is 2.27. The van der Waals surface area contributed by atoms with Gasteiger partial charge in [0.05, 0.1) is 12.2 Å². The second-order valence-electron chi connectivity index (χ2n) is 5.34. The van der Waals surface area contributed by atoms with Gasteiger partial charge in [-0.2, -0.15) is 0 Å². The number of urea groups is 1. The molecule has 0 aromatic rings. The lowest BCUT2D eigenvalue weighted by atomic mass is 10.1. The number of carbonyl (C=O) groups excluding carboxylic acids is 1. The Balaban J connectivity index is 2.52. The van der Waals surface area contributed by atoms with Crippen LogP contribution in [0.25, 0.3) is 0 Å². The van der Waals surface area contributed by atoms with E-state index in [1.165, 1.54) is 0 Å². The molecule has 0 radical (unpaired) electrons. The highest BCUT2D eigenvalue weighted by atomic mass is 16.5. The van der Waals surface area contributed by atoms with Crippen LogP contribution in [-0.2, 0) is 4.74 Å². The summed E-state index contributed by atoms with van der Waals surface area (Å²) in [6, 6.07) is 0.00417. The van der Waals surface area contributed by atoms with Gasteiger partial charge >= 0.3 is 6.03 Å². The van der Waals surface area contributed by atoms with E-state index in [0.29, 0.717) is 13.1 Å². The summed E-state index contributed by atoms with van der Waals surface area (Å²) >= 11 is 0. The Kier molecular flexibility index (Phi) is 3.60. The van der Waals surface area contributed by atoms with E-state index < -0.39 is 0 Å². The number of hydrogen-bond acceptors (Lipinski definition) is 2. The van der Waals surface area contributed by atoms with Crippen LogP contribution < -0.4 is 5.32 Å². The lowest BCUT2D eigenvalue weighted by molar-refractivity contribution is -0.0550. The number of nitrogens with one attached hydrogen (secondary N) is 1. The molecular weight excluding hydrogens is 192 g/mol. The molecule has 1 aliphatic rings. The maximum atomic E-state index is 11.9. The quantitative estimate of drug-likeness (QED) is 0.665. The number of rotatable bonds is 0. The molecule has 2 atom stereocenters. The molecular formula is C11H22N2O2. The highest BCUT2D eigenvalue weighted by Crippen LogP contribution is 2.11. The molecule has 88 valence electrons. The number of hydrogen-bond donors (Lipinski definition) is 1. The third-order valence-corrected chi connectivity index (χ3v) is 2.19. The molecule has 0 bridgehead atoms. The minimum atomic E-state index is -0.179. The van der Waals surface area contributed by atoms with Crippen LogP contribution in [0.3, 0.4) is 0 Å². The third kappa shape index (κ3) is 4.08. The summed E-state index contributed by atoms with van der Waals surface area (Å²) in [7, 11) is 0. The van der Waals surface area contributed by atoms with Crippen LogP contribution >= 0.6 is 0 Å². The van der Waals surface area contributed by atoms with E-state index in [1.54, 1.807) is 0 Å². The average Bonchev–Trinajstić information content (AvgIpc) is 1.98. The fraction of sp³-hybridized carbons (Fsp3) is 0.909. The van der Waals surface area contributed by atoms with Crippen LogP contribution in [0.5, 0.6) is 0 Å². The molecule has 2 amide bonds. The number of carbonyl (C=O) groups is 1. The van der Waals surface area contributed by atoms with Crippen molar-refractivity contribution in [3.63, 3.8) is 0 Å². The Morgan fingerprint density at radius 2 is 1.73 bits per heavy atom. The van der Waals surface area contributed by atoms with Crippen molar-refractivity contribution in [1.29, 1.82) is 0 Å². The summed E-state index contributed by atoms with van der Waals surface area (Å²) in [5.74, 6) is 0. The summed E-state index contributed by atoms with van der Waals surface area (Å²) in [6.07, 6.45) is 0.249. The average molecular weight is 214 g/mol. The van der Waals surface area contributed by atoms with Crippen LogP contribution in [0.15, 0.2) is 0 Å². The second kappa shape index (κ2) is 4.39. The number of morpholine rings is 1. The van der Waals surface area contributed by atoms with Gasteiger partial charge < -0.3 is 15.0 Å². The van der Waals surface area contributed by atoms with Crippen molar-refractivity contribution < 1.29 is 9.53 Å². The van der Waals surface area contributed by atoms with Gasteiger partial charge in [0.25, 0.3) is 0 Å². The maximum absolute atomic E-state index is 11.9. The van der Waals surface area contributed by atoms with Crippen molar-refractivity contribution in [2.24, 2.45) is 0 Å². The Hall–Kier alpha value is -0.770. The van der Waals surface area contributed by atoms with Crippen molar-refractivity contribution in [1.82, 2.24) is 10.2 Å². The van der Waals surface area contributed by atoms with Crippen LogP contribution in [0, 0.1) is 0 Å². The lowest BCUT2D eigenvalue weighted by Crippen LogP contribution is -2.55. The fourth-order valence-corrected chi connectivity index (χ4v) is 1.74. The lowest BCUT2D eigenvalue weighted by Gasteiger charge is -2.36. The van der Waals surface area contributed by atoms with Crippen LogP contribution in [0.1, 0.15) is 34.6 Å². The van der Waals surface area contributed by atoms with Gasteiger partial charge in [-0.3, -0.25) is 0 Å². The van der Waals surface area contributed by atoms with E-state index in [0.717, 1.165) is 0 Å². The smallest absolute Gasteiger partial charge is 0.317 e. The Labute approximate surface area is 92.0 Å². The van der Waals surface area contributed by atoms with Crippen LogP contribution in [0.4, 0.5) is 4.79 Å². The third-order valence-electron chi connectivity index (χ3n) is 2.19. The van der Waals surface area contributed by atoms with Gasteiger partial charge in [-0.05, 0) is 34.6 Å². The van der Waals surface area contributed by atoms with Gasteiger partial charge in [0.15, 0.2) is 0 Å². The molecule has 1 saturated heterocycles. The molecule has 0 spiro atoms. The predicted octanol–water partition coefficient (Wildman–Crippen LogP) is 1.60. The van der Waals surface area contributed by atoms with E-state index in [9.17, 15) is 4.79 Å². The monoisotopic (exact) mass is 214 g/mol. The fourth-order valence-electron chi connectivity index (χ4n) is 1.74. The van der Waals surface area contributed by atoms with Gasteiger partial charge in [-0.25, -0.2) is 4.79 Å². The first kappa shape index (κ1) is 12.3. The first-order valence-corrected chi connectivity index (χ1v) is 5.50. The molecule has 15 heavy (non-hydrogen) atoms. The number of nitrogens with zero attached hydrogens (tertiary/aromatic N) is 1. The predicted molar refractivity (Wildman–Crippen MR) is 59.9 cm³/mol. The zero-order valence-electron chi connectivity index (χ0n) is 10.3.